The minimum Gasteiger partial charge on any atom is -0.393 e. The number of nitrogens with one attached hydrogen (secondary N) is 1. The van der Waals surface area contributed by atoms with Gasteiger partial charge in [0.05, 0.1) is 6.10 Å². The molecule has 0 aliphatic rings. The summed E-state index contributed by atoms with van der Waals surface area (Å²) in [6, 6.07) is 8.42. The summed E-state index contributed by atoms with van der Waals surface area (Å²) in [4.78, 5) is 0. The van der Waals surface area contributed by atoms with Gasteiger partial charge in [0.1, 0.15) is 0 Å². The Labute approximate surface area is 86.0 Å². The summed E-state index contributed by atoms with van der Waals surface area (Å²) in [6.07, 6.45) is 1.53. The largest absolute Gasteiger partial charge is 0.393 e. The van der Waals surface area contributed by atoms with Gasteiger partial charge in [-0.1, -0.05) is 24.3 Å². The monoisotopic (exact) mass is 193 g/mol. The van der Waals surface area contributed by atoms with Crippen LogP contribution in [-0.2, 0) is 12.8 Å². The van der Waals surface area contributed by atoms with E-state index in [1.807, 2.05) is 14.0 Å². The van der Waals surface area contributed by atoms with Gasteiger partial charge < -0.3 is 10.4 Å². The Bertz CT molecular complexity index is 271. The fraction of sp³-hybridized carbons (Fsp3) is 0.500. The van der Waals surface area contributed by atoms with Crippen molar-refractivity contribution in [2.45, 2.75) is 25.9 Å². The van der Waals surface area contributed by atoms with Crippen LogP contribution < -0.4 is 5.32 Å². The third kappa shape index (κ3) is 3.90. The molecule has 1 aromatic carbocycles. The number of hydrogen-bond acceptors (Lipinski definition) is 2. The van der Waals surface area contributed by atoms with Gasteiger partial charge in [-0.05, 0) is 44.5 Å². The van der Waals surface area contributed by atoms with Gasteiger partial charge in [-0.15, -0.1) is 0 Å². The lowest BCUT2D eigenvalue weighted by Gasteiger charge is -2.06. The van der Waals surface area contributed by atoms with E-state index in [-0.39, 0.29) is 6.10 Å². The molecule has 0 bridgehead atoms. The van der Waals surface area contributed by atoms with Crippen LogP contribution in [0, 0.1) is 0 Å². The van der Waals surface area contributed by atoms with Crippen molar-refractivity contribution in [2.24, 2.45) is 0 Å². The standard InChI is InChI=1S/C12H19NO/c1-10(14)8-12-5-3-4-11(9-12)6-7-13-2/h3-5,9-10,13-14H,6-8H2,1-2H3. The first kappa shape index (κ1) is 11.2. The van der Waals surface area contributed by atoms with Crippen molar-refractivity contribution < 1.29 is 5.11 Å². The third-order valence-electron chi connectivity index (χ3n) is 2.19. The fourth-order valence-corrected chi connectivity index (χ4v) is 1.52. The summed E-state index contributed by atoms with van der Waals surface area (Å²) >= 11 is 0. The number of rotatable bonds is 5. The van der Waals surface area contributed by atoms with E-state index < -0.39 is 0 Å². The Morgan fingerprint density at radius 2 is 2.07 bits per heavy atom. The Morgan fingerprint density at radius 1 is 1.36 bits per heavy atom. The van der Waals surface area contributed by atoms with Crippen LogP contribution in [0.25, 0.3) is 0 Å². The van der Waals surface area contributed by atoms with Crippen molar-refractivity contribution in [3.63, 3.8) is 0 Å². The minimum atomic E-state index is -0.255. The van der Waals surface area contributed by atoms with E-state index in [2.05, 4.69) is 29.6 Å². The molecule has 78 valence electrons. The van der Waals surface area contributed by atoms with E-state index >= 15 is 0 Å². The molecule has 0 heterocycles. The number of benzene rings is 1. The predicted octanol–water partition coefficient (Wildman–Crippen LogP) is 1.37. The summed E-state index contributed by atoms with van der Waals surface area (Å²) in [7, 11) is 1.96. The minimum absolute atomic E-state index is 0.255. The second kappa shape index (κ2) is 5.78. The van der Waals surface area contributed by atoms with Crippen molar-refractivity contribution in [3.05, 3.63) is 35.4 Å². The molecule has 1 atom stereocenters. The van der Waals surface area contributed by atoms with E-state index in [1.54, 1.807) is 0 Å². The van der Waals surface area contributed by atoms with Crippen molar-refractivity contribution in [3.8, 4) is 0 Å². The molecule has 0 saturated heterocycles. The molecule has 1 aromatic rings. The smallest absolute Gasteiger partial charge is 0.0552 e. The highest BCUT2D eigenvalue weighted by atomic mass is 16.3. The molecule has 0 radical (unpaired) electrons. The topological polar surface area (TPSA) is 32.3 Å². The lowest BCUT2D eigenvalue weighted by atomic mass is 10.0. The van der Waals surface area contributed by atoms with E-state index in [1.165, 1.54) is 11.1 Å². The van der Waals surface area contributed by atoms with Gasteiger partial charge in [-0.3, -0.25) is 0 Å². The molecular formula is C12H19NO. The average Bonchev–Trinajstić information content (AvgIpc) is 2.14. The number of aliphatic hydroxyl groups excluding tert-OH is 1. The summed E-state index contributed by atoms with van der Waals surface area (Å²) in [6.45, 7) is 2.82. The first-order chi connectivity index (χ1) is 6.72. The quantitative estimate of drug-likeness (QED) is 0.740. The van der Waals surface area contributed by atoms with E-state index in [0.29, 0.717) is 0 Å². The van der Waals surface area contributed by atoms with Crippen molar-refractivity contribution in [1.82, 2.24) is 5.32 Å². The molecule has 0 aliphatic heterocycles. The van der Waals surface area contributed by atoms with Gasteiger partial charge in [-0.2, -0.15) is 0 Å². The van der Waals surface area contributed by atoms with Crippen molar-refractivity contribution in [1.29, 1.82) is 0 Å². The zero-order valence-electron chi connectivity index (χ0n) is 8.96. The summed E-state index contributed by atoms with van der Waals surface area (Å²) < 4.78 is 0. The molecule has 1 unspecified atom stereocenters. The highest BCUT2D eigenvalue weighted by molar-refractivity contribution is 5.24. The Morgan fingerprint density at radius 3 is 2.71 bits per heavy atom. The third-order valence-corrected chi connectivity index (χ3v) is 2.19. The molecule has 0 fully saturated rings. The van der Waals surface area contributed by atoms with E-state index in [4.69, 9.17) is 0 Å². The highest BCUT2D eigenvalue weighted by Crippen LogP contribution is 2.08. The normalized spacial score (nSPS) is 12.8. The first-order valence-electron chi connectivity index (χ1n) is 5.13. The Kier molecular flexibility index (Phi) is 4.63. The Balaban J connectivity index is 2.59. The molecule has 0 aromatic heterocycles. The number of likely N-dealkylation sites (N-methyl/N-ethyl adjacent to an activating group) is 1. The lowest BCUT2D eigenvalue weighted by Crippen LogP contribution is -2.10. The molecule has 0 saturated carbocycles. The number of aliphatic hydroxyl groups is 1. The van der Waals surface area contributed by atoms with Crippen LogP contribution in [0.3, 0.4) is 0 Å². The SMILES string of the molecule is CNCCc1cccc(CC(C)O)c1. The number of hydrogen-bond donors (Lipinski definition) is 2. The van der Waals surface area contributed by atoms with Crippen LogP contribution >= 0.6 is 0 Å². The molecular weight excluding hydrogens is 174 g/mol. The van der Waals surface area contributed by atoms with Crippen molar-refractivity contribution >= 4 is 0 Å². The van der Waals surface area contributed by atoms with E-state index in [9.17, 15) is 5.11 Å². The fourth-order valence-electron chi connectivity index (χ4n) is 1.52. The van der Waals surface area contributed by atoms with Crippen LogP contribution in [0.5, 0.6) is 0 Å². The van der Waals surface area contributed by atoms with Gasteiger partial charge in [0.2, 0.25) is 0 Å². The lowest BCUT2D eigenvalue weighted by molar-refractivity contribution is 0.195. The predicted molar refractivity (Wildman–Crippen MR) is 59.5 cm³/mol. The maximum atomic E-state index is 9.26. The summed E-state index contributed by atoms with van der Waals surface area (Å²) in [5.74, 6) is 0. The van der Waals surface area contributed by atoms with Gasteiger partial charge >= 0.3 is 0 Å². The maximum absolute atomic E-state index is 9.26. The average molecular weight is 193 g/mol. The molecule has 2 heteroatoms. The van der Waals surface area contributed by atoms with E-state index in [0.717, 1.165) is 19.4 Å². The molecule has 1 rings (SSSR count). The molecule has 0 spiro atoms. The molecule has 14 heavy (non-hydrogen) atoms. The van der Waals surface area contributed by atoms with Crippen LogP contribution in [0.1, 0.15) is 18.1 Å². The summed E-state index contributed by atoms with van der Waals surface area (Å²) in [5, 5.41) is 12.4. The molecule has 0 amide bonds. The van der Waals surface area contributed by atoms with Crippen LogP contribution in [0.2, 0.25) is 0 Å². The molecule has 2 nitrogen and oxygen atoms in total. The van der Waals surface area contributed by atoms with Gasteiger partial charge in [0.15, 0.2) is 0 Å². The van der Waals surface area contributed by atoms with Crippen LogP contribution in [0.4, 0.5) is 0 Å². The first-order valence-corrected chi connectivity index (χ1v) is 5.13. The second-order valence-corrected chi connectivity index (χ2v) is 3.73. The van der Waals surface area contributed by atoms with Gasteiger partial charge in [0.25, 0.3) is 0 Å². The van der Waals surface area contributed by atoms with Gasteiger partial charge in [-0.25, -0.2) is 0 Å². The van der Waals surface area contributed by atoms with Crippen molar-refractivity contribution in [2.75, 3.05) is 13.6 Å². The maximum Gasteiger partial charge on any atom is 0.0552 e. The molecule has 2 N–H and O–H groups in total. The van der Waals surface area contributed by atoms with Crippen LogP contribution in [0.15, 0.2) is 24.3 Å². The molecule has 0 aliphatic carbocycles. The summed E-state index contributed by atoms with van der Waals surface area (Å²) in [5.41, 5.74) is 2.55. The van der Waals surface area contributed by atoms with Crippen LogP contribution in [-0.4, -0.2) is 24.8 Å². The highest BCUT2D eigenvalue weighted by Gasteiger charge is 1.99. The zero-order chi connectivity index (χ0) is 10.4. The zero-order valence-corrected chi connectivity index (χ0v) is 8.96. The Hall–Kier alpha value is -0.860. The van der Waals surface area contributed by atoms with Gasteiger partial charge in [0, 0.05) is 0 Å². The second-order valence-electron chi connectivity index (χ2n) is 3.73.